The van der Waals surface area contributed by atoms with Gasteiger partial charge in [0.2, 0.25) is 0 Å². The van der Waals surface area contributed by atoms with Gasteiger partial charge in [-0.15, -0.1) is 0 Å². The quantitative estimate of drug-likeness (QED) is 0.816. The Balaban J connectivity index is 2.17. The number of hydrogen-bond acceptors (Lipinski definition) is 2. The largest absolute Gasteiger partial charge is 0.316 e. The predicted molar refractivity (Wildman–Crippen MR) is 63.1 cm³/mol. The lowest BCUT2D eigenvalue weighted by atomic mass is 9.92. The Morgan fingerprint density at radius 1 is 1.31 bits per heavy atom. The molecule has 1 nitrogen and oxygen atoms in total. The molecular formula is C12H15F2NS. The lowest BCUT2D eigenvalue weighted by Gasteiger charge is -2.24. The molecule has 2 rings (SSSR count). The smallest absolute Gasteiger partial charge is 0.288 e. The van der Waals surface area contributed by atoms with Crippen LogP contribution >= 0.6 is 11.8 Å². The highest BCUT2D eigenvalue weighted by Gasteiger charge is 2.19. The van der Waals surface area contributed by atoms with Crippen molar-refractivity contribution in [2.24, 2.45) is 0 Å². The van der Waals surface area contributed by atoms with Crippen molar-refractivity contribution in [3.8, 4) is 0 Å². The molecule has 0 radical (unpaired) electrons. The second-order valence-corrected chi connectivity index (χ2v) is 4.99. The molecule has 16 heavy (non-hydrogen) atoms. The minimum absolute atomic E-state index is 0.385. The lowest BCUT2D eigenvalue weighted by molar-refractivity contribution is 0.252. The maximum Gasteiger partial charge on any atom is 0.288 e. The van der Waals surface area contributed by atoms with Crippen LogP contribution in [0.1, 0.15) is 24.3 Å². The maximum absolute atomic E-state index is 12.4. The topological polar surface area (TPSA) is 12.0 Å². The van der Waals surface area contributed by atoms with E-state index in [1.807, 2.05) is 18.2 Å². The molecule has 1 saturated heterocycles. The number of thioether (sulfide) groups is 1. The molecule has 4 heteroatoms. The monoisotopic (exact) mass is 243 g/mol. The molecule has 1 N–H and O–H groups in total. The summed E-state index contributed by atoms with van der Waals surface area (Å²) in [6, 6.07) is 7.52. The van der Waals surface area contributed by atoms with Crippen molar-refractivity contribution < 1.29 is 8.78 Å². The highest BCUT2D eigenvalue weighted by atomic mass is 32.2. The van der Waals surface area contributed by atoms with E-state index in [0.29, 0.717) is 17.7 Å². The van der Waals surface area contributed by atoms with Gasteiger partial charge in [-0.3, -0.25) is 0 Å². The Morgan fingerprint density at radius 2 is 2.12 bits per heavy atom. The van der Waals surface area contributed by atoms with Crippen molar-refractivity contribution >= 4 is 11.8 Å². The first-order valence-electron chi connectivity index (χ1n) is 5.52. The second-order valence-electron chi connectivity index (χ2n) is 3.96. The Labute approximate surface area is 98.6 Å². The zero-order valence-corrected chi connectivity index (χ0v) is 9.77. The van der Waals surface area contributed by atoms with Crippen molar-refractivity contribution in [1.82, 2.24) is 5.32 Å². The summed E-state index contributed by atoms with van der Waals surface area (Å²) in [6.45, 7) is 1.95. The zero-order valence-electron chi connectivity index (χ0n) is 8.96. The van der Waals surface area contributed by atoms with E-state index in [1.54, 1.807) is 6.07 Å². The van der Waals surface area contributed by atoms with Crippen molar-refractivity contribution in [2.75, 3.05) is 13.1 Å². The molecule has 0 spiro atoms. The number of hydrogen-bond donors (Lipinski definition) is 1. The minimum Gasteiger partial charge on any atom is -0.316 e. The molecule has 1 aliphatic heterocycles. The number of nitrogens with one attached hydrogen (secondary N) is 1. The molecule has 0 amide bonds. The SMILES string of the molecule is FC(F)Sc1ccccc1C1CCCNC1. The molecule has 1 aliphatic rings. The Morgan fingerprint density at radius 3 is 2.81 bits per heavy atom. The Hall–Kier alpha value is -0.610. The van der Waals surface area contributed by atoms with Gasteiger partial charge in [0.25, 0.3) is 5.76 Å². The van der Waals surface area contributed by atoms with Crippen LogP contribution in [-0.2, 0) is 0 Å². The number of rotatable bonds is 3. The fourth-order valence-corrected chi connectivity index (χ4v) is 2.86. The van der Waals surface area contributed by atoms with Crippen LogP contribution in [0, 0.1) is 0 Å². The van der Waals surface area contributed by atoms with E-state index in [0.717, 1.165) is 36.4 Å². The molecule has 1 heterocycles. The van der Waals surface area contributed by atoms with E-state index in [4.69, 9.17) is 0 Å². The number of alkyl halides is 2. The fraction of sp³-hybridized carbons (Fsp3) is 0.500. The molecule has 0 aliphatic carbocycles. The third-order valence-electron chi connectivity index (χ3n) is 2.87. The number of benzene rings is 1. The van der Waals surface area contributed by atoms with E-state index in [-0.39, 0.29) is 0 Å². The highest BCUT2D eigenvalue weighted by molar-refractivity contribution is 7.99. The van der Waals surface area contributed by atoms with Gasteiger partial charge in [0.15, 0.2) is 0 Å². The van der Waals surface area contributed by atoms with E-state index >= 15 is 0 Å². The van der Waals surface area contributed by atoms with Crippen LogP contribution in [0.3, 0.4) is 0 Å². The molecule has 1 fully saturated rings. The van der Waals surface area contributed by atoms with Gasteiger partial charge in [-0.25, -0.2) is 0 Å². The van der Waals surface area contributed by atoms with E-state index in [2.05, 4.69) is 5.32 Å². The molecule has 1 aromatic carbocycles. The Kier molecular flexibility index (Phi) is 4.18. The second kappa shape index (κ2) is 5.64. The predicted octanol–water partition coefficient (Wildman–Crippen LogP) is 3.47. The zero-order chi connectivity index (χ0) is 11.4. The summed E-state index contributed by atoms with van der Waals surface area (Å²) in [5.74, 6) is -1.95. The summed E-state index contributed by atoms with van der Waals surface area (Å²) in [5, 5.41) is 3.32. The Bertz CT molecular complexity index is 338. The van der Waals surface area contributed by atoms with Gasteiger partial charge in [0.1, 0.15) is 0 Å². The molecule has 1 unspecified atom stereocenters. The van der Waals surface area contributed by atoms with Gasteiger partial charge in [-0.1, -0.05) is 30.0 Å². The molecule has 88 valence electrons. The third kappa shape index (κ3) is 2.95. The molecule has 1 aromatic rings. The number of halogens is 2. The summed E-state index contributed by atoms with van der Waals surface area (Å²) in [4.78, 5) is 0.728. The molecule has 0 saturated carbocycles. The first-order chi connectivity index (χ1) is 7.77. The van der Waals surface area contributed by atoms with Gasteiger partial charge in [0.05, 0.1) is 0 Å². The van der Waals surface area contributed by atoms with Crippen LogP contribution in [-0.4, -0.2) is 18.8 Å². The van der Waals surface area contributed by atoms with E-state index < -0.39 is 5.76 Å². The van der Waals surface area contributed by atoms with Crippen LogP contribution < -0.4 is 5.32 Å². The van der Waals surface area contributed by atoms with Crippen LogP contribution in [0.15, 0.2) is 29.2 Å². The average molecular weight is 243 g/mol. The van der Waals surface area contributed by atoms with Gasteiger partial charge < -0.3 is 5.32 Å². The summed E-state index contributed by atoms with van der Waals surface area (Å²) in [5.41, 5.74) is 1.07. The first kappa shape index (κ1) is 11.9. The maximum atomic E-state index is 12.4. The summed E-state index contributed by atoms with van der Waals surface area (Å²) in [7, 11) is 0. The number of piperidine rings is 1. The molecule has 0 bridgehead atoms. The molecular weight excluding hydrogens is 228 g/mol. The molecule has 1 atom stereocenters. The van der Waals surface area contributed by atoms with Gasteiger partial charge in [0, 0.05) is 11.4 Å². The summed E-state index contributed by atoms with van der Waals surface area (Å²) < 4.78 is 24.8. The summed E-state index contributed by atoms with van der Waals surface area (Å²) >= 11 is 0.658. The minimum atomic E-state index is -2.34. The van der Waals surface area contributed by atoms with Crippen molar-refractivity contribution in [2.45, 2.75) is 29.4 Å². The van der Waals surface area contributed by atoms with Gasteiger partial charge >= 0.3 is 0 Å². The van der Waals surface area contributed by atoms with Crippen LogP contribution in [0.5, 0.6) is 0 Å². The van der Waals surface area contributed by atoms with Crippen molar-refractivity contribution in [3.05, 3.63) is 29.8 Å². The van der Waals surface area contributed by atoms with Crippen molar-refractivity contribution in [1.29, 1.82) is 0 Å². The first-order valence-corrected chi connectivity index (χ1v) is 6.40. The lowest BCUT2D eigenvalue weighted by Crippen LogP contribution is -2.28. The normalized spacial score (nSPS) is 21.3. The van der Waals surface area contributed by atoms with E-state index in [9.17, 15) is 8.78 Å². The van der Waals surface area contributed by atoms with Gasteiger partial charge in [-0.05, 0) is 36.9 Å². The molecule has 0 aromatic heterocycles. The van der Waals surface area contributed by atoms with Crippen LogP contribution in [0.2, 0.25) is 0 Å². The van der Waals surface area contributed by atoms with Crippen molar-refractivity contribution in [3.63, 3.8) is 0 Å². The summed E-state index contributed by atoms with van der Waals surface area (Å²) in [6.07, 6.45) is 2.21. The standard InChI is InChI=1S/C12H15F2NS/c13-12(14)16-11-6-2-1-5-10(11)9-4-3-7-15-8-9/h1-2,5-6,9,12,15H,3-4,7-8H2. The fourth-order valence-electron chi connectivity index (χ4n) is 2.14. The van der Waals surface area contributed by atoms with Gasteiger partial charge in [-0.2, -0.15) is 8.78 Å². The van der Waals surface area contributed by atoms with E-state index in [1.165, 1.54) is 0 Å². The average Bonchev–Trinajstić information content (AvgIpc) is 2.30. The highest BCUT2D eigenvalue weighted by Crippen LogP contribution is 2.34. The van der Waals surface area contributed by atoms with Crippen LogP contribution in [0.4, 0.5) is 8.78 Å². The third-order valence-corrected chi connectivity index (χ3v) is 3.68. The van der Waals surface area contributed by atoms with Crippen LogP contribution in [0.25, 0.3) is 0 Å².